The minimum absolute atomic E-state index is 0.00307. The van der Waals surface area contributed by atoms with Crippen molar-refractivity contribution < 1.29 is 37.0 Å². The van der Waals surface area contributed by atoms with Crippen LogP contribution in [0.2, 0.25) is 0 Å². The molecule has 0 saturated carbocycles. The van der Waals surface area contributed by atoms with E-state index in [4.69, 9.17) is 18.9 Å². The Morgan fingerprint density at radius 3 is 1.35 bits per heavy atom. The van der Waals surface area contributed by atoms with Gasteiger partial charge in [-0.05, 0) is 0 Å². The Bertz CT molecular complexity index is 424. The molecular formula is C12H24N2O8S. The van der Waals surface area contributed by atoms with E-state index in [0.29, 0.717) is 0 Å². The minimum Gasteiger partial charge on any atom is -0.354 e. The van der Waals surface area contributed by atoms with E-state index < -0.39 is 45.7 Å². The Morgan fingerprint density at radius 2 is 1.09 bits per heavy atom. The van der Waals surface area contributed by atoms with Crippen LogP contribution in [0, 0.1) is 0 Å². The lowest BCUT2D eigenvalue weighted by Gasteiger charge is -2.15. The highest BCUT2D eigenvalue weighted by Gasteiger charge is 2.21. The van der Waals surface area contributed by atoms with Gasteiger partial charge in [-0.15, -0.1) is 0 Å². The van der Waals surface area contributed by atoms with Crippen molar-refractivity contribution in [3.63, 3.8) is 0 Å². The van der Waals surface area contributed by atoms with Crippen molar-refractivity contribution in [3.05, 3.63) is 0 Å². The molecule has 23 heavy (non-hydrogen) atoms. The van der Waals surface area contributed by atoms with Crippen LogP contribution in [0.15, 0.2) is 0 Å². The molecule has 10 nitrogen and oxygen atoms in total. The standard InChI is InChI=1S/C12H24N2O8S/c1-19-11(20-2)5-13-9(15)7-23(17,18)8-10(16)14-6-12(21-3)22-4/h11-12H,5-8H2,1-4H3,(H,13,15)(H,14,16). The fraction of sp³-hybridized carbons (Fsp3) is 0.833. The van der Waals surface area contributed by atoms with Crippen LogP contribution in [0.3, 0.4) is 0 Å². The van der Waals surface area contributed by atoms with Crippen molar-refractivity contribution in [2.24, 2.45) is 0 Å². The third-order valence-electron chi connectivity index (χ3n) is 2.69. The number of hydrogen-bond acceptors (Lipinski definition) is 8. The number of sulfone groups is 1. The summed E-state index contributed by atoms with van der Waals surface area (Å²) in [5, 5.41) is 4.69. The predicted octanol–water partition coefficient (Wildman–Crippen LogP) is -2.13. The molecule has 0 spiro atoms. The first-order valence-electron chi connectivity index (χ1n) is 6.63. The van der Waals surface area contributed by atoms with Gasteiger partial charge in [0.05, 0.1) is 13.1 Å². The average molecular weight is 356 g/mol. The zero-order valence-corrected chi connectivity index (χ0v) is 14.5. The summed E-state index contributed by atoms with van der Waals surface area (Å²) in [7, 11) is 1.64. The summed E-state index contributed by atoms with van der Waals surface area (Å²) in [4.78, 5) is 23.1. The molecule has 0 aromatic heterocycles. The first-order chi connectivity index (χ1) is 10.8. The van der Waals surface area contributed by atoms with Crippen LogP contribution in [0.4, 0.5) is 0 Å². The zero-order chi connectivity index (χ0) is 17.9. The topological polar surface area (TPSA) is 129 Å². The average Bonchev–Trinajstić information content (AvgIpc) is 2.48. The highest BCUT2D eigenvalue weighted by molar-refractivity contribution is 7.92. The van der Waals surface area contributed by atoms with Gasteiger partial charge in [-0.3, -0.25) is 9.59 Å². The summed E-state index contributed by atoms with van der Waals surface area (Å²) < 4.78 is 42.9. The van der Waals surface area contributed by atoms with Gasteiger partial charge in [-0.25, -0.2) is 8.42 Å². The third kappa shape index (κ3) is 10.2. The summed E-state index contributed by atoms with van der Waals surface area (Å²) in [5.74, 6) is -3.11. The molecule has 0 aliphatic heterocycles. The Morgan fingerprint density at radius 1 is 0.783 bits per heavy atom. The molecular weight excluding hydrogens is 332 g/mol. The van der Waals surface area contributed by atoms with E-state index in [0.717, 1.165) is 0 Å². The van der Waals surface area contributed by atoms with Gasteiger partial charge in [-0.1, -0.05) is 0 Å². The van der Waals surface area contributed by atoms with Crippen LogP contribution in [0.1, 0.15) is 0 Å². The van der Waals surface area contributed by atoms with Crippen molar-refractivity contribution in [1.29, 1.82) is 0 Å². The van der Waals surface area contributed by atoms with Gasteiger partial charge in [0.15, 0.2) is 22.4 Å². The molecule has 0 fully saturated rings. The van der Waals surface area contributed by atoms with E-state index in [1.807, 2.05) is 0 Å². The number of amides is 2. The molecule has 0 heterocycles. The number of methoxy groups -OCH3 is 4. The second kappa shape index (κ2) is 11.3. The van der Waals surface area contributed by atoms with Gasteiger partial charge in [0.25, 0.3) is 0 Å². The van der Waals surface area contributed by atoms with Crippen LogP contribution in [-0.2, 0) is 38.4 Å². The molecule has 11 heteroatoms. The summed E-state index contributed by atoms with van der Waals surface area (Å²) in [6.07, 6.45) is -1.35. The lowest BCUT2D eigenvalue weighted by molar-refractivity contribution is -0.125. The first-order valence-corrected chi connectivity index (χ1v) is 8.45. The van der Waals surface area contributed by atoms with E-state index in [1.165, 1.54) is 28.4 Å². The first kappa shape index (κ1) is 21.7. The number of nitrogens with one attached hydrogen (secondary N) is 2. The van der Waals surface area contributed by atoms with Crippen LogP contribution >= 0.6 is 0 Å². The van der Waals surface area contributed by atoms with Crippen LogP contribution in [0.25, 0.3) is 0 Å². The molecule has 2 amide bonds. The number of carbonyl (C=O) groups is 2. The quantitative estimate of drug-likeness (QED) is 0.379. The highest BCUT2D eigenvalue weighted by atomic mass is 32.2. The van der Waals surface area contributed by atoms with Gasteiger partial charge in [0.1, 0.15) is 11.5 Å². The molecule has 0 aromatic rings. The summed E-state index contributed by atoms with van der Waals surface area (Å²) in [5.41, 5.74) is 0. The molecule has 136 valence electrons. The monoisotopic (exact) mass is 356 g/mol. The van der Waals surface area contributed by atoms with Crippen molar-refractivity contribution in [3.8, 4) is 0 Å². The number of rotatable bonds is 12. The second-order valence-electron chi connectivity index (χ2n) is 4.44. The van der Waals surface area contributed by atoms with E-state index in [9.17, 15) is 18.0 Å². The summed E-state index contributed by atoms with van der Waals surface area (Å²) in [6, 6.07) is 0. The van der Waals surface area contributed by atoms with E-state index in [1.54, 1.807) is 0 Å². The fourth-order valence-electron chi connectivity index (χ4n) is 1.47. The van der Waals surface area contributed by atoms with Gasteiger partial charge in [-0.2, -0.15) is 0 Å². The fourth-order valence-corrected chi connectivity index (χ4v) is 2.58. The third-order valence-corrected chi connectivity index (χ3v) is 4.09. The smallest absolute Gasteiger partial charge is 0.235 e. The maximum atomic E-state index is 11.8. The largest absolute Gasteiger partial charge is 0.354 e. The molecule has 2 N–H and O–H groups in total. The Kier molecular flexibility index (Phi) is 10.7. The normalized spacial score (nSPS) is 11.7. The molecule has 0 bridgehead atoms. The van der Waals surface area contributed by atoms with Crippen LogP contribution < -0.4 is 10.6 Å². The molecule has 0 aliphatic carbocycles. The molecule has 0 saturated heterocycles. The SMILES string of the molecule is COC(CNC(=O)CS(=O)(=O)CC(=O)NCC(OC)OC)OC. The zero-order valence-electron chi connectivity index (χ0n) is 13.7. The molecule has 0 aliphatic rings. The molecule has 0 radical (unpaired) electrons. The number of hydrogen-bond donors (Lipinski definition) is 2. The minimum atomic E-state index is -3.89. The van der Waals surface area contributed by atoms with Crippen LogP contribution in [0.5, 0.6) is 0 Å². The van der Waals surface area contributed by atoms with Crippen LogP contribution in [-0.4, -0.2) is 85.8 Å². The lowest BCUT2D eigenvalue weighted by atomic mass is 10.5. The van der Waals surface area contributed by atoms with Crippen molar-refractivity contribution in [2.45, 2.75) is 12.6 Å². The van der Waals surface area contributed by atoms with E-state index in [-0.39, 0.29) is 13.1 Å². The van der Waals surface area contributed by atoms with Gasteiger partial charge in [0, 0.05) is 28.4 Å². The summed E-state index contributed by atoms with van der Waals surface area (Å²) in [6.45, 7) is -0.00614. The highest BCUT2D eigenvalue weighted by Crippen LogP contribution is 1.94. The van der Waals surface area contributed by atoms with Gasteiger partial charge >= 0.3 is 0 Å². The molecule has 0 atom stereocenters. The van der Waals surface area contributed by atoms with E-state index >= 15 is 0 Å². The summed E-state index contributed by atoms with van der Waals surface area (Å²) >= 11 is 0. The molecule has 0 rings (SSSR count). The van der Waals surface area contributed by atoms with Crippen molar-refractivity contribution >= 4 is 21.7 Å². The molecule has 0 aromatic carbocycles. The van der Waals surface area contributed by atoms with E-state index in [2.05, 4.69) is 10.6 Å². The Balaban J connectivity index is 4.26. The number of carbonyl (C=O) groups excluding carboxylic acids is 2. The van der Waals surface area contributed by atoms with Crippen molar-refractivity contribution in [1.82, 2.24) is 10.6 Å². The van der Waals surface area contributed by atoms with Gasteiger partial charge in [0.2, 0.25) is 11.8 Å². The van der Waals surface area contributed by atoms with Gasteiger partial charge < -0.3 is 29.6 Å². The predicted molar refractivity (Wildman–Crippen MR) is 80.3 cm³/mol. The second-order valence-corrected chi connectivity index (χ2v) is 6.51. The maximum Gasteiger partial charge on any atom is 0.235 e. The maximum absolute atomic E-state index is 11.8. The van der Waals surface area contributed by atoms with Crippen molar-refractivity contribution in [2.75, 3.05) is 53.0 Å². The lowest BCUT2D eigenvalue weighted by Crippen LogP contribution is -2.41. The number of ether oxygens (including phenoxy) is 4. The molecule has 0 unspecified atom stereocenters. The Labute approximate surface area is 135 Å². The Hall–Kier alpha value is -1.27.